The van der Waals surface area contributed by atoms with Crippen molar-refractivity contribution in [3.8, 4) is 0 Å². The largest absolute Gasteiger partial charge is 0.297 e. The fraction of sp³-hybridized carbons (Fsp3) is 0.714. The van der Waals surface area contributed by atoms with E-state index in [-0.39, 0.29) is 16.9 Å². The minimum absolute atomic E-state index is 0.0478. The highest BCUT2D eigenvalue weighted by molar-refractivity contribution is 6.13. The SMILES string of the molecule is CC1(C)CC(N=CC=O)CC(C)(CN=CC=O)C1. The third kappa shape index (κ3) is 4.51. The van der Waals surface area contributed by atoms with Crippen molar-refractivity contribution in [3.05, 3.63) is 0 Å². The van der Waals surface area contributed by atoms with Crippen LogP contribution in [0.2, 0.25) is 0 Å². The van der Waals surface area contributed by atoms with Crippen LogP contribution in [0.3, 0.4) is 0 Å². The normalized spacial score (nSPS) is 31.8. The maximum Gasteiger partial charge on any atom is 0.160 e. The third-order valence-corrected chi connectivity index (χ3v) is 3.42. The highest BCUT2D eigenvalue weighted by Gasteiger charge is 2.40. The quantitative estimate of drug-likeness (QED) is 0.554. The number of hydrogen-bond donors (Lipinski definition) is 0. The van der Waals surface area contributed by atoms with Crippen LogP contribution in [0, 0.1) is 10.8 Å². The van der Waals surface area contributed by atoms with E-state index in [0.717, 1.165) is 25.5 Å². The number of aldehydes is 2. The molecule has 4 heteroatoms. The second kappa shape index (κ2) is 6.03. The van der Waals surface area contributed by atoms with E-state index in [9.17, 15) is 9.59 Å². The van der Waals surface area contributed by atoms with Gasteiger partial charge in [0.1, 0.15) is 0 Å². The summed E-state index contributed by atoms with van der Waals surface area (Å²) in [4.78, 5) is 29.1. The standard InChI is InChI=1S/C14H22N2O2/c1-13(2)8-12(16-5-7-18)9-14(3,10-13)11-15-4-6-17/h4-7,12H,8-11H2,1-3H3. The monoisotopic (exact) mass is 250 g/mol. The summed E-state index contributed by atoms with van der Waals surface area (Å²) in [6.07, 6.45) is 7.06. The molecule has 0 radical (unpaired) electrons. The first-order chi connectivity index (χ1) is 8.41. The summed E-state index contributed by atoms with van der Waals surface area (Å²) in [7, 11) is 0. The zero-order valence-electron chi connectivity index (χ0n) is 11.4. The van der Waals surface area contributed by atoms with Crippen molar-refractivity contribution in [2.75, 3.05) is 6.54 Å². The van der Waals surface area contributed by atoms with Crippen molar-refractivity contribution in [2.24, 2.45) is 20.8 Å². The Morgan fingerprint density at radius 3 is 2.39 bits per heavy atom. The van der Waals surface area contributed by atoms with Gasteiger partial charge in [-0.1, -0.05) is 20.8 Å². The van der Waals surface area contributed by atoms with Crippen molar-refractivity contribution < 1.29 is 9.59 Å². The Bertz CT molecular complexity index is 361. The first-order valence-corrected chi connectivity index (χ1v) is 6.31. The zero-order valence-corrected chi connectivity index (χ0v) is 11.4. The lowest BCUT2D eigenvalue weighted by atomic mass is 9.63. The molecule has 1 saturated carbocycles. The average Bonchev–Trinajstić information content (AvgIpc) is 2.24. The van der Waals surface area contributed by atoms with Gasteiger partial charge in [0.2, 0.25) is 0 Å². The lowest BCUT2D eigenvalue weighted by molar-refractivity contribution is -0.103. The van der Waals surface area contributed by atoms with Crippen LogP contribution in [0.5, 0.6) is 0 Å². The van der Waals surface area contributed by atoms with Crippen molar-refractivity contribution >= 4 is 25.0 Å². The molecule has 0 saturated heterocycles. The molecule has 1 aliphatic rings. The smallest absolute Gasteiger partial charge is 0.160 e. The maximum atomic E-state index is 10.4. The Hall–Kier alpha value is -1.32. The molecule has 0 aliphatic heterocycles. The van der Waals surface area contributed by atoms with Crippen LogP contribution < -0.4 is 0 Å². The third-order valence-electron chi connectivity index (χ3n) is 3.42. The van der Waals surface area contributed by atoms with Gasteiger partial charge in [-0.3, -0.25) is 19.6 Å². The lowest BCUT2D eigenvalue weighted by Crippen LogP contribution is -2.39. The van der Waals surface area contributed by atoms with Gasteiger partial charge in [-0.2, -0.15) is 0 Å². The molecular weight excluding hydrogens is 228 g/mol. The highest BCUT2D eigenvalue weighted by Crippen LogP contribution is 2.47. The Morgan fingerprint density at radius 2 is 1.78 bits per heavy atom. The predicted octanol–water partition coefficient (Wildman–Crippen LogP) is 2.11. The Balaban J connectivity index is 2.78. The number of hydrogen-bond acceptors (Lipinski definition) is 4. The molecule has 0 aromatic rings. The molecule has 0 bridgehead atoms. The van der Waals surface area contributed by atoms with E-state index in [2.05, 4.69) is 30.8 Å². The summed E-state index contributed by atoms with van der Waals surface area (Å²) in [6.45, 7) is 7.26. The summed E-state index contributed by atoms with van der Waals surface area (Å²) >= 11 is 0. The van der Waals surface area contributed by atoms with Crippen LogP contribution >= 0.6 is 0 Å². The molecule has 0 heterocycles. The summed E-state index contributed by atoms with van der Waals surface area (Å²) in [5, 5.41) is 0. The van der Waals surface area contributed by atoms with E-state index in [1.165, 1.54) is 12.4 Å². The van der Waals surface area contributed by atoms with Crippen LogP contribution in [-0.2, 0) is 9.59 Å². The Morgan fingerprint density at radius 1 is 1.11 bits per heavy atom. The zero-order chi connectivity index (χ0) is 13.6. The van der Waals surface area contributed by atoms with Gasteiger partial charge in [0.05, 0.1) is 18.5 Å². The molecule has 1 rings (SSSR count). The number of carbonyl (C=O) groups excluding carboxylic acids is 2. The van der Waals surface area contributed by atoms with Gasteiger partial charge in [-0.25, -0.2) is 0 Å². The minimum Gasteiger partial charge on any atom is -0.297 e. The molecule has 0 aromatic carbocycles. The van der Waals surface area contributed by atoms with Gasteiger partial charge in [-0.05, 0) is 30.1 Å². The molecule has 2 atom stereocenters. The highest BCUT2D eigenvalue weighted by atomic mass is 16.1. The van der Waals surface area contributed by atoms with E-state index in [1.54, 1.807) is 0 Å². The van der Waals surface area contributed by atoms with Gasteiger partial charge < -0.3 is 0 Å². The Kier molecular flexibility index (Phi) is 4.93. The molecule has 0 N–H and O–H groups in total. The van der Waals surface area contributed by atoms with Gasteiger partial charge >= 0.3 is 0 Å². The van der Waals surface area contributed by atoms with E-state index < -0.39 is 0 Å². The van der Waals surface area contributed by atoms with Gasteiger partial charge in [0.25, 0.3) is 0 Å². The second-order valence-electron chi connectivity index (χ2n) is 6.27. The molecular formula is C14H22N2O2. The van der Waals surface area contributed by atoms with E-state index in [1.807, 2.05) is 0 Å². The molecule has 1 fully saturated rings. The van der Waals surface area contributed by atoms with Crippen LogP contribution in [-0.4, -0.2) is 37.6 Å². The van der Waals surface area contributed by atoms with Gasteiger partial charge in [-0.15, -0.1) is 0 Å². The lowest BCUT2D eigenvalue weighted by Gasteiger charge is -2.44. The van der Waals surface area contributed by atoms with Crippen LogP contribution in [0.4, 0.5) is 0 Å². The molecule has 0 spiro atoms. The van der Waals surface area contributed by atoms with E-state index >= 15 is 0 Å². The number of nitrogens with zero attached hydrogens (tertiary/aromatic N) is 2. The summed E-state index contributed by atoms with van der Waals surface area (Å²) in [5.74, 6) is 0. The number of carbonyl (C=O) groups is 2. The fourth-order valence-corrected chi connectivity index (χ4v) is 3.28. The summed E-state index contributed by atoms with van der Waals surface area (Å²) < 4.78 is 0. The topological polar surface area (TPSA) is 58.9 Å². The fourth-order valence-electron chi connectivity index (χ4n) is 3.28. The summed E-state index contributed by atoms with van der Waals surface area (Å²) in [6, 6.07) is 0.176. The average molecular weight is 250 g/mol. The van der Waals surface area contributed by atoms with Crippen LogP contribution in [0.1, 0.15) is 40.0 Å². The van der Waals surface area contributed by atoms with Crippen molar-refractivity contribution in [3.63, 3.8) is 0 Å². The second-order valence-corrected chi connectivity index (χ2v) is 6.27. The van der Waals surface area contributed by atoms with Crippen LogP contribution in [0.15, 0.2) is 9.98 Å². The number of aliphatic imine (C=N–C) groups is 2. The molecule has 4 nitrogen and oxygen atoms in total. The van der Waals surface area contributed by atoms with Crippen molar-refractivity contribution in [2.45, 2.75) is 46.1 Å². The molecule has 1 aliphatic carbocycles. The summed E-state index contributed by atoms with van der Waals surface area (Å²) in [5.41, 5.74) is 0.237. The molecule has 18 heavy (non-hydrogen) atoms. The molecule has 100 valence electrons. The first-order valence-electron chi connectivity index (χ1n) is 6.31. The van der Waals surface area contributed by atoms with Crippen molar-refractivity contribution in [1.82, 2.24) is 0 Å². The molecule has 2 unspecified atom stereocenters. The molecule has 0 aromatic heterocycles. The van der Waals surface area contributed by atoms with Gasteiger partial charge in [0, 0.05) is 6.54 Å². The van der Waals surface area contributed by atoms with Crippen molar-refractivity contribution in [1.29, 1.82) is 0 Å². The Labute approximate surface area is 109 Å². The van der Waals surface area contributed by atoms with E-state index in [0.29, 0.717) is 12.8 Å². The van der Waals surface area contributed by atoms with Crippen LogP contribution in [0.25, 0.3) is 0 Å². The molecule has 0 amide bonds. The van der Waals surface area contributed by atoms with E-state index in [4.69, 9.17) is 0 Å². The minimum atomic E-state index is 0.0478. The van der Waals surface area contributed by atoms with Gasteiger partial charge in [0.15, 0.2) is 12.6 Å². The first kappa shape index (κ1) is 14.7. The number of rotatable bonds is 5. The predicted molar refractivity (Wildman–Crippen MR) is 73.5 cm³/mol. The maximum absolute atomic E-state index is 10.4.